The fourth-order valence-electron chi connectivity index (χ4n) is 2.88. The average Bonchev–Trinajstić information content (AvgIpc) is 3.26. The quantitative estimate of drug-likeness (QED) is 0.111. The second kappa shape index (κ2) is 13.6. The molecule has 1 aromatic heterocycles. The van der Waals surface area contributed by atoms with Gasteiger partial charge in [-0.05, 0) is 13.3 Å². The Kier molecular flexibility index (Phi) is 11.3. The van der Waals surface area contributed by atoms with Gasteiger partial charge in [0.15, 0.2) is 0 Å². The number of hydrogen-bond donors (Lipinski definition) is 9. The molecular formula is C19H30N8O8. The van der Waals surface area contributed by atoms with Crippen LogP contribution in [0, 0.1) is 0 Å². The van der Waals surface area contributed by atoms with Crippen LogP contribution in [-0.4, -0.2) is 86.0 Å². The molecule has 0 bridgehead atoms. The lowest BCUT2D eigenvalue weighted by atomic mass is 10.1. The molecule has 1 aromatic rings. The number of carboxylic acid groups (broad SMARTS) is 1. The number of nitrogens with one attached hydrogen (secondary N) is 4. The Morgan fingerprint density at radius 2 is 1.63 bits per heavy atom. The molecule has 1 heterocycles. The molecular weight excluding hydrogens is 468 g/mol. The SMILES string of the molecule is CC(O)C(NC(=O)C(N)CC(N)=O)C(=O)NC(CCC(N)=O)C(=O)NC(Cc1cnc[nH]1)C(=O)O. The summed E-state index contributed by atoms with van der Waals surface area (Å²) < 4.78 is 0. The van der Waals surface area contributed by atoms with E-state index in [-0.39, 0.29) is 19.3 Å². The van der Waals surface area contributed by atoms with E-state index in [1.54, 1.807) is 0 Å². The Balaban J connectivity index is 2.98. The van der Waals surface area contributed by atoms with Crippen LogP contribution in [0.4, 0.5) is 0 Å². The molecule has 0 saturated heterocycles. The van der Waals surface area contributed by atoms with Crippen LogP contribution in [0.2, 0.25) is 0 Å². The number of nitrogens with two attached hydrogens (primary N) is 3. The van der Waals surface area contributed by atoms with Crippen molar-refractivity contribution < 1.29 is 39.0 Å². The van der Waals surface area contributed by atoms with E-state index in [1.807, 2.05) is 0 Å². The monoisotopic (exact) mass is 498 g/mol. The Morgan fingerprint density at radius 1 is 1.00 bits per heavy atom. The molecule has 35 heavy (non-hydrogen) atoms. The molecule has 0 saturated carbocycles. The summed E-state index contributed by atoms with van der Waals surface area (Å²) in [5, 5.41) is 26.1. The van der Waals surface area contributed by atoms with Crippen molar-refractivity contribution in [3.63, 3.8) is 0 Å². The summed E-state index contributed by atoms with van der Waals surface area (Å²) in [5.74, 6) is -5.98. The van der Waals surface area contributed by atoms with E-state index < -0.39 is 72.2 Å². The van der Waals surface area contributed by atoms with E-state index in [4.69, 9.17) is 17.2 Å². The number of aromatic amines is 1. The van der Waals surface area contributed by atoms with E-state index >= 15 is 0 Å². The van der Waals surface area contributed by atoms with E-state index in [2.05, 4.69) is 25.9 Å². The molecule has 12 N–H and O–H groups in total. The van der Waals surface area contributed by atoms with Crippen LogP contribution >= 0.6 is 0 Å². The van der Waals surface area contributed by atoms with Crippen LogP contribution in [0.15, 0.2) is 12.5 Å². The normalized spacial score (nSPS) is 15.1. The zero-order valence-corrected chi connectivity index (χ0v) is 18.9. The molecule has 5 amide bonds. The Hall–Kier alpha value is -4.05. The summed E-state index contributed by atoms with van der Waals surface area (Å²) in [6.07, 6.45) is -0.0830. The first kappa shape index (κ1) is 29.0. The number of aromatic nitrogens is 2. The maximum atomic E-state index is 12.8. The molecule has 194 valence electrons. The molecule has 0 aliphatic rings. The number of amides is 5. The molecule has 0 aromatic carbocycles. The van der Waals surface area contributed by atoms with Gasteiger partial charge in [0.2, 0.25) is 29.5 Å². The minimum atomic E-state index is -1.61. The van der Waals surface area contributed by atoms with Crippen molar-refractivity contribution in [3.8, 4) is 0 Å². The zero-order valence-electron chi connectivity index (χ0n) is 18.9. The van der Waals surface area contributed by atoms with Crippen LogP contribution in [0.3, 0.4) is 0 Å². The van der Waals surface area contributed by atoms with Crippen molar-refractivity contribution in [3.05, 3.63) is 18.2 Å². The van der Waals surface area contributed by atoms with E-state index in [0.717, 1.165) is 0 Å². The molecule has 0 aliphatic heterocycles. The summed E-state index contributed by atoms with van der Waals surface area (Å²) in [7, 11) is 0. The fraction of sp³-hybridized carbons (Fsp3) is 0.526. The summed E-state index contributed by atoms with van der Waals surface area (Å²) in [6, 6.07) is -5.86. The lowest BCUT2D eigenvalue weighted by Crippen LogP contribution is -2.60. The van der Waals surface area contributed by atoms with Gasteiger partial charge in [0.05, 0.1) is 24.9 Å². The van der Waals surface area contributed by atoms with Crippen molar-refractivity contribution in [1.82, 2.24) is 25.9 Å². The lowest BCUT2D eigenvalue weighted by molar-refractivity contribution is -0.142. The highest BCUT2D eigenvalue weighted by molar-refractivity contribution is 5.95. The maximum Gasteiger partial charge on any atom is 0.326 e. The highest BCUT2D eigenvalue weighted by Gasteiger charge is 2.33. The number of imidazole rings is 1. The number of aliphatic hydroxyl groups excluding tert-OH is 1. The lowest BCUT2D eigenvalue weighted by Gasteiger charge is -2.26. The molecule has 0 radical (unpaired) electrons. The summed E-state index contributed by atoms with van der Waals surface area (Å²) in [6.45, 7) is 1.17. The van der Waals surface area contributed by atoms with Crippen LogP contribution in [0.25, 0.3) is 0 Å². The number of nitrogens with zero attached hydrogens (tertiary/aromatic N) is 1. The third kappa shape index (κ3) is 10.2. The molecule has 16 heteroatoms. The number of H-pyrrole nitrogens is 1. The molecule has 5 atom stereocenters. The predicted molar refractivity (Wildman–Crippen MR) is 118 cm³/mol. The average molecular weight is 498 g/mol. The van der Waals surface area contributed by atoms with Gasteiger partial charge in [-0.3, -0.25) is 24.0 Å². The van der Waals surface area contributed by atoms with Gasteiger partial charge in [0.25, 0.3) is 0 Å². The number of aliphatic hydroxyl groups is 1. The van der Waals surface area contributed by atoms with Crippen LogP contribution < -0.4 is 33.2 Å². The maximum absolute atomic E-state index is 12.8. The van der Waals surface area contributed by atoms with Crippen LogP contribution in [-0.2, 0) is 35.2 Å². The van der Waals surface area contributed by atoms with Gasteiger partial charge in [-0.2, -0.15) is 0 Å². The second-order valence-electron chi connectivity index (χ2n) is 7.75. The molecule has 0 aliphatic carbocycles. The Bertz CT molecular complexity index is 920. The first-order valence-corrected chi connectivity index (χ1v) is 10.4. The van der Waals surface area contributed by atoms with Crippen molar-refractivity contribution >= 4 is 35.5 Å². The molecule has 1 rings (SSSR count). The number of carbonyl (C=O) groups excluding carboxylic acids is 5. The van der Waals surface area contributed by atoms with Crippen molar-refractivity contribution in [2.45, 2.75) is 62.9 Å². The number of aliphatic carboxylic acids is 1. The highest BCUT2D eigenvalue weighted by Crippen LogP contribution is 2.05. The largest absolute Gasteiger partial charge is 0.480 e. The number of rotatable bonds is 15. The highest BCUT2D eigenvalue weighted by atomic mass is 16.4. The van der Waals surface area contributed by atoms with E-state index in [1.165, 1.54) is 19.4 Å². The van der Waals surface area contributed by atoms with Gasteiger partial charge in [0.1, 0.15) is 18.1 Å². The molecule has 0 fully saturated rings. The fourth-order valence-corrected chi connectivity index (χ4v) is 2.88. The van der Waals surface area contributed by atoms with E-state index in [9.17, 15) is 39.0 Å². The molecule has 0 spiro atoms. The van der Waals surface area contributed by atoms with Crippen molar-refractivity contribution in [2.75, 3.05) is 0 Å². The number of carboxylic acids is 1. The smallest absolute Gasteiger partial charge is 0.326 e. The number of hydrogen-bond acceptors (Lipinski definition) is 9. The number of carbonyl (C=O) groups is 6. The van der Waals surface area contributed by atoms with Crippen LogP contribution in [0.5, 0.6) is 0 Å². The third-order valence-electron chi connectivity index (χ3n) is 4.73. The van der Waals surface area contributed by atoms with Gasteiger partial charge < -0.3 is 48.3 Å². The Morgan fingerprint density at radius 3 is 2.11 bits per heavy atom. The molecule has 16 nitrogen and oxygen atoms in total. The topological polar surface area (TPSA) is 286 Å². The van der Waals surface area contributed by atoms with Gasteiger partial charge >= 0.3 is 5.97 Å². The summed E-state index contributed by atoms with van der Waals surface area (Å²) >= 11 is 0. The first-order valence-electron chi connectivity index (χ1n) is 10.4. The van der Waals surface area contributed by atoms with Gasteiger partial charge in [-0.15, -0.1) is 0 Å². The second-order valence-corrected chi connectivity index (χ2v) is 7.75. The minimum absolute atomic E-state index is 0.151. The predicted octanol–water partition coefficient (Wildman–Crippen LogP) is -4.66. The minimum Gasteiger partial charge on any atom is -0.480 e. The van der Waals surface area contributed by atoms with Gasteiger partial charge in [-0.25, -0.2) is 9.78 Å². The van der Waals surface area contributed by atoms with Gasteiger partial charge in [-0.1, -0.05) is 0 Å². The summed E-state index contributed by atoms with van der Waals surface area (Å²) in [4.78, 5) is 77.9. The van der Waals surface area contributed by atoms with Crippen LogP contribution in [0.1, 0.15) is 31.9 Å². The number of primary amides is 2. The standard InChI is InChI=1S/C19H30N8O8/c1-8(28)15(27-16(31)10(20)5-14(22)30)18(33)25-11(2-3-13(21)29)17(32)26-12(19(34)35)4-9-6-23-7-24-9/h6-8,10-12,15,28H,2-5,20H2,1H3,(H2,21,29)(H2,22,30)(H,23,24)(H,25,33)(H,26,32)(H,27,31)(H,34,35). The molecule has 5 unspecified atom stereocenters. The van der Waals surface area contributed by atoms with Gasteiger partial charge in [0, 0.05) is 24.7 Å². The van der Waals surface area contributed by atoms with Crippen molar-refractivity contribution in [1.29, 1.82) is 0 Å². The third-order valence-corrected chi connectivity index (χ3v) is 4.73. The Labute approximate surface area is 199 Å². The zero-order chi connectivity index (χ0) is 26.7. The summed E-state index contributed by atoms with van der Waals surface area (Å²) in [5.41, 5.74) is 16.1. The van der Waals surface area contributed by atoms with E-state index in [0.29, 0.717) is 5.69 Å². The first-order chi connectivity index (χ1) is 16.3. The van der Waals surface area contributed by atoms with Crippen molar-refractivity contribution in [2.24, 2.45) is 17.2 Å².